The normalized spacial score (nSPS) is 19.8. The molecule has 1 aromatic heterocycles. The molecule has 1 aliphatic heterocycles. The number of nitrogens with zero attached hydrogens (tertiary/aromatic N) is 3. The molecule has 1 saturated heterocycles. The maximum Gasteiger partial charge on any atom is 0.401 e. The van der Waals surface area contributed by atoms with Crippen molar-refractivity contribution >= 4 is 5.82 Å². The highest BCUT2D eigenvalue weighted by Crippen LogP contribution is 2.22. The topological polar surface area (TPSA) is 50.3 Å². The zero-order chi connectivity index (χ0) is 16.9. The van der Waals surface area contributed by atoms with E-state index in [1.165, 1.54) is 4.90 Å². The maximum atomic E-state index is 12.5. The molecule has 8 heteroatoms. The standard InChI is InChI=1S/C15H23F3N4O/c1-11-6-13(21-14(20-11)9-23-2)19-7-12-4-3-5-22(8-12)10-15(16,17)18/h6,12H,3-5,7-10H2,1-2H3,(H,19,20,21). The molecular formula is C15H23F3N4O. The van der Waals surface area contributed by atoms with Gasteiger partial charge in [-0.25, -0.2) is 9.97 Å². The van der Waals surface area contributed by atoms with Gasteiger partial charge in [0.1, 0.15) is 12.4 Å². The number of rotatable bonds is 6. The molecule has 1 aromatic rings. The van der Waals surface area contributed by atoms with Crippen LogP contribution in [0, 0.1) is 12.8 Å². The summed E-state index contributed by atoms with van der Waals surface area (Å²) in [7, 11) is 1.58. The fraction of sp³-hybridized carbons (Fsp3) is 0.733. The molecule has 1 N–H and O–H groups in total. The quantitative estimate of drug-likeness (QED) is 0.868. The number of aryl methyl sites for hydroxylation is 1. The lowest BCUT2D eigenvalue weighted by molar-refractivity contribution is -0.149. The smallest absolute Gasteiger partial charge is 0.377 e. The van der Waals surface area contributed by atoms with Crippen LogP contribution in [0.3, 0.4) is 0 Å². The van der Waals surface area contributed by atoms with E-state index in [0.717, 1.165) is 18.5 Å². The van der Waals surface area contributed by atoms with E-state index in [2.05, 4.69) is 15.3 Å². The third-order valence-electron chi connectivity index (χ3n) is 3.75. The van der Waals surface area contributed by atoms with Crippen LogP contribution in [0.5, 0.6) is 0 Å². The van der Waals surface area contributed by atoms with Gasteiger partial charge in [0.05, 0.1) is 6.54 Å². The van der Waals surface area contributed by atoms with Gasteiger partial charge in [-0.05, 0) is 32.2 Å². The van der Waals surface area contributed by atoms with Crippen LogP contribution in [0.15, 0.2) is 6.07 Å². The van der Waals surface area contributed by atoms with Crippen molar-refractivity contribution in [3.8, 4) is 0 Å². The second-order valence-electron chi connectivity index (χ2n) is 5.98. The Labute approximate surface area is 134 Å². The van der Waals surface area contributed by atoms with Gasteiger partial charge in [0.25, 0.3) is 0 Å². The molecular weight excluding hydrogens is 309 g/mol. The van der Waals surface area contributed by atoms with E-state index in [-0.39, 0.29) is 5.92 Å². The second-order valence-corrected chi connectivity index (χ2v) is 5.98. The summed E-state index contributed by atoms with van der Waals surface area (Å²) < 4.78 is 42.5. The highest BCUT2D eigenvalue weighted by Gasteiger charge is 2.32. The Balaban J connectivity index is 1.87. The molecule has 1 atom stereocenters. The predicted octanol–water partition coefficient (Wildman–Crippen LogP) is 2.62. The lowest BCUT2D eigenvalue weighted by Gasteiger charge is -2.33. The number of piperidine rings is 1. The van der Waals surface area contributed by atoms with E-state index >= 15 is 0 Å². The van der Waals surface area contributed by atoms with E-state index in [0.29, 0.717) is 37.9 Å². The Morgan fingerprint density at radius 1 is 1.39 bits per heavy atom. The number of methoxy groups -OCH3 is 1. The Morgan fingerprint density at radius 3 is 2.87 bits per heavy atom. The third kappa shape index (κ3) is 6.31. The van der Waals surface area contributed by atoms with Crippen molar-refractivity contribution in [2.24, 2.45) is 5.92 Å². The molecule has 23 heavy (non-hydrogen) atoms. The molecule has 130 valence electrons. The number of anilines is 1. The largest absolute Gasteiger partial charge is 0.401 e. The predicted molar refractivity (Wildman–Crippen MR) is 81.2 cm³/mol. The monoisotopic (exact) mass is 332 g/mol. The summed E-state index contributed by atoms with van der Waals surface area (Å²) in [5.74, 6) is 1.47. The van der Waals surface area contributed by atoms with Crippen LogP contribution in [0.2, 0.25) is 0 Å². The van der Waals surface area contributed by atoms with Gasteiger partial charge in [-0.3, -0.25) is 4.90 Å². The fourth-order valence-corrected chi connectivity index (χ4v) is 2.88. The van der Waals surface area contributed by atoms with Crippen molar-refractivity contribution in [3.63, 3.8) is 0 Å². The zero-order valence-electron chi connectivity index (χ0n) is 13.5. The number of hydrogen-bond acceptors (Lipinski definition) is 5. The first-order valence-electron chi connectivity index (χ1n) is 7.72. The minimum atomic E-state index is -4.13. The molecule has 0 aliphatic carbocycles. The summed E-state index contributed by atoms with van der Waals surface area (Å²) in [6.07, 6.45) is -2.41. The number of ether oxygens (including phenoxy) is 1. The van der Waals surface area contributed by atoms with Gasteiger partial charge in [0, 0.05) is 32.0 Å². The van der Waals surface area contributed by atoms with Gasteiger partial charge >= 0.3 is 6.18 Å². The Morgan fingerprint density at radius 2 is 2.17 bits per heavy atom. The molecule has 1 aliphatic rings. The van der Waals surface area contributed by atoms with E-state index in [1.807, 2.05) is 13.0 Å². The van der Waals surface area contributed by atoms with Gasteiger partial charge in [-0.1, -0.05) is 0 Å². The third-order valence-corrected chi connectivity index (χ3v) is 3.75. The molecule has 1 unspecified atom stereocenters. The second kappa shape index (κ2) is 7.92. The van der Waals surface area contributed by atoms with Gasteiger partial charge in [-0.2, -0.15) is 13.2 Å². The van der Waals surface area contributed by atoms with Crippen molar-refractivity contribution in [3.05, 3.63) is 17.6 Å². The molecule has 0 amide bonds. The number of aromatic nitrogens is 2. The van der Waals surface area contributed by atoms with E-state index in [4.69, 9.17) is 4.74 Å². The highest BCUT2D eigenvalue weighted by atomic mass is 19.4. The molecule has 2 rings (SSSR count). The van der Waals surface area contributed by atoms with Crippen molar-refractivity contribution in [2.75, 3.05) is 38.6 Å². The van der Waals surface area contributed by atoms with Gasteiger partial charge in [0.15, 0.2) is 5.82 Å². The first kappa shape index (κ1) is 17.9. The van der Waals surface area contributed by atoms with Crippen LogP contribution in [-0.2, 0) is 11.3 Å². The summed E-state index contributed by atoms with van der Waals surface area (Å²) in [4.78, 5) is 10.1. The lowest BCUT2D eigenvalue weighted by atomic mass is 9.98. The van der Waals surface area contributed by atoms with E-state index in [1.54, 1.807) is 7.11 Å². The van der Waals surface area contributed by atoms with Crippen molar-refractivity contribution in [1.29, 1.82) is 0 Å². The Kier molecular flexibility index (Phi) is 6.17. The van der Waals surface area contributed by atoms with E-state index in [9.17, 15) is 13.2 Å². The molecule has 5 nitrogen and oxygen atoms in total. The molecule has 0 saturated carbocycles. The van der Waals surface area contributed by atoms with Gasteiger partial charge in [-0.15, -0.1) is 0 Å². The highest BCUT2D eigenvalue weighted by molar-refractivity contribution is 5.35. The molecule has 0 spiro atoms. The van der Waals surface area contributed by atoms with Gasteiger partial charge < -0.3 is 10.1 Å². The van der Waals surface area contributed by atoms with Crippen molar-refractivity contribution < 1.29 is 17.9 Å². The number of alkyl halides is 3. The molecule has 2 heterocycles. The SMILES string of the molecule is COCc1nc(C)cc(NCC2CCCN(CC(F)(F)F)C2)n1. The van der Waals surface area contributed by atoms with Crippen molar-refractivity contribution in [1.82, 2.24) is 14.9 Å². The number of nitrogens with one attached hydrogen (secondary N) is 1. The summed E-state index contributed by atoms with van der Waals surface area (Å²) in [5, 5.41) is 3.22. The fourth-order valence-electron chi connectivity index (χ4n) is 2.88. The molecule has 0 bridgehead atoms. The zero-order valence-corrected chi connectivity index (χ0v) is 13.5. The van der Waals surface area contributed by atoms with Crippen LogP contribution in [-0.4, -0.2) is 54.3 Å². The summed E-state index contributed by atoms with van der Waals surface area (Å²) in [5.41, 5.74) is 0.830. The summed E-state index contributed by atoms with van der Waals surface area (Å²) in [6.45, 7) is 2.96. The number of hydrogen-bond donors (Lipinski definition) is 1. The first-order valence-corrected chi connectivity index (χ1v) is 7.72. The number of likely N-dealkylation sites (tertiary alicyclic amines) is 1. The van der Waals surface area contributed by atoms with Crippen LogP contribution in [0.1, 0.15) is 24.4 Å². The van der Waals surface area contributed by atoms with Crippen molar-refractivity contribution in [2.45, 2.75) is 32.5 Å². The minimum Gasteiger partial charge on any atom is -0.377 e. The van der Waals surface area contributed by atoms with Crippen LogP contribution >= 0.6 is 0 Å². The minimum absolute atomic E-state index is 0.187. The Hall–Kier alpha value is -1.41. The summed E-state index contributed by atoms with van der Waals surface area (Å²) in [6, 6.07) is 1.83. The Bertz CT molecular complexity index is 510. The maximum absolute atomic E-state index is 12.5. The van der Waals surface area contributed by atoms with Crippen LogP contribution < -0.4 is 5.32 Å². The molecule has 1 fully saturated rings. The average Bonchev–Trinajstić information content (AvgIpc) is 2.43. The average molecular weight is 332 g/mol. The molecule has 0 aromatic carbocycles. The molecule has 0 radical (unpaired) electrons. The summed E-state index contributed by atoms with van der Waals surface area (Å²) >= 11 is 0. The number of halogens is 3. The van der Waals surface area contributed by atoms with Crippen LogP contribution in [0.4, 0.5) is 19.0 Å². The first-order chi connectivity index (χ1) is 10.9. The lowest BCUT2D eigenvalue weighted by Crippen LogP contribution is -2.42. The van der Waals surface area contributed by atoms with Crippen LogP contribution in [0.25, 0.3) is 0 Å². The van der Waals surface area contributed by atoms with E-state index < -0.39 is 12.7 Å². The van der Waals surface area contributed by atoms with Gasteiger partial charge in [0.2, 0.25) is 0 Å².